The van der Waals surface area contributed by atoms with E-state index in [0.29, 0.717) is 6.54 Å². The third kappa shape index (κ3) is 3.02. The molecule has 0 saturated carbocycles. The predicted octanol–water partition coefficient (Wildman–Crippen LogP) is 2.18. The lowest BCUT2D eigenvalue weighted by atomic mass is 9.73. The van der Waals surface area contributed by atoms with Gasteiger partial charge in [0.1, 0.15) is 0 Å². The average molecular weight is 364 g/mol. The number of nitrogens with zero attached hydrogens (tertiary/aromatic N) is 2. The van der Waals surface area contributed by atoms with Gasteiger partial charge in [-0.25, -0.2) is 0 Å². The largest absolute Gasteiger partial charge is 0.394 e. The number of aliphatic hydroxyl groups is 1. The average Bonchev–Trinajstić information content (AvgIpc) is 2.64. The number of aryl methyl sites for hydroxylation is 1. The molecule has 0 radical (unpaired) electrons. The molecule has 1 N–H and O–H groups in total. The lowest BCUT2D eigenvalue weighted by Crippen LogP contribution is -2.73. The van der Waals surface area contributed by atoms with Crippen molar-refractivity contribution in [3.8, 4) is 11.1 Å². The Kier molecular flexibility index (Phi) is 4.48. The maximum absolute atomic E-state index is 12.4. The van der Waals surface area contributed by atoms with E-state index in [1.165, 1.54) is 12.5 Å². The van der Waals surface area contributed by atoms with Crippen molar-refractivity contribution >= 4 is 11.8 Å². The maximum atomic E-state index is 12.4. The third-order valence-corrected chi connectivity index (χ3v) is 5.88. The van der Waals surface area contributed by atoms with Crippen LogP contribution in [0.5, 0.6) is 0 Å². The fourth-order valence-corrected chi connectivity index (χ4v) is 4.38. The van der Waals surface area contributed by atoms with Crippen LogP contribution in [-0.2, 0) is 9.59 Å². The van der Waals surface area contributed by atoms with Gasteiger partial charge in [-0.1, -0.05) is 54.1 Å². The Morgan fingerprint density at radius 1 is 1.07 bits per heavy atom. The van der Waals surface area contributed by atoms with Crippen LogP contribution >= 0.6 is 0 Å². The standard InChI is InChI=1S/C22H24N2O3/c1-14-3-5-16(6-4-14)17-7-9-18(10-8-17)22-19-11-23(15(2)26)12-21(27)24(19)20(22)13-25/h3-10,19-20,22,25H,11-13H2,1-2H3/t19-,20-,22+/m0/s1. The molecule has 27 heavy (non-hydrogen) atoms. The number of piperazine rings is 1. The lowest BCUT2D eigenvalue weighted by Gasteiger charge is -2.58. The molecule has 5 heteroatoms. The maximum Gasteiger partial charge on any atom is 0.242 e. The first kappa shape index (κ1) is 17.7. The highest BCUT2D eigenvalue weighted by Gasteiger charge is 2.54. The molecule has 2 aliphatic rings. The van der Waals surface area contributed by atoms with Gasteiger partial charge in [-0.3, -0.25) is 9.59 Å². The molecule has 2 amide bonds. The molecular weight excluding hydrogens is 340 g/mol. The minimum atomic E-state index is -0.207. The van der Waals surface area contributed by atoms with Crippen LogP contribution in [0.2, 0.25) is 0 Å². The highest BCUT2D eigenvalue weighted by molar-refractivity contribution is 5.87. The molecule has 2 saturated heterocycles. The van der Waals surface area contributed by atoms with Crippen LogP contribution in [0.4, 0.5) is 0 Å². The van der Waals surface area contributed by atoms with Gasteiger partial charge in [-0.05, 0) is 23.6 Å². The van der Waals surface area contributed by atoms with Crippen molar-refractivity contribution < 1.29 is 14.7 Å². The fraction of sp³-hybridized carbons (Fsp3) is 0.364. The van der Waals surface area contributed by atoms with E-state index in [0.717, 1.165) is 16.7 Å². The molecule has 0 unspecified atom stereocenters. The minimum absolute atomic E-state index is 0.0492. The normalized spacial score (nSPS) is 24.4. The summed E-state index contributed by atoms with van der Waals surface area (Å²) < 4.78 is 0. The second-order valence-electron chi connectivity index (χ2n) is 7.53. The van der Waals surface area contributed by atoms with Crippen LogP contribution in [0.25, 0.3) is 11.1 Å². The molecule has 0 bridgehead atoms. The van der Waals surface area contributed by atoms with Gasteiger partial charge in [-0.15, -0.1) is 0 Å². The number of fused-ring (bicyclic) bond motifs is 1. The summed E-state index contributed by atoms with van der Waals surface area (Å²) in [7, 11) is 0. The van der Waals surface area contributed by atoms with E-state index in [9.17, 15) is 14.7 Å². The molecule has 3 atom stereocenters. The molecule has 2 heterocycles. The summed E-state index contributed by atoms with van der Waals surface area (Å²) in [5, 5.41) is 9.83. The van der Waals surface area contributed by atoms with Crippen molar-refractivity contribution in [2.75, 3.05) is 19.7 Å². The number of rotatable bonds is 3. The van der Waals surface area contributed by atoms with Crippen LogP contribution in [0.3, 0.4) is 0 Å². The van der Waals surface area contributed by atoms with Crippen molar-refractivity contribution in [3.05, 3.63) is 59.7 Å². The van der Waals surface area contributed by atoms with Crippen molar-refractivity contribution in [1.82, 2.24) is 9.80 Å². The first-order valence-corrected chi connectivity index (χ1v) is 9.34. The number of amides is 2. The lowest BCUT2D eigenvalue weighted by molar-refractivity contribution is -0.166. The molecule has 2 aliphatic heterocycles. The Hall–Kier alpha value is -2.66. The monoisotopic (exact) mass is 364 g/mol. The van der Waals surface area contributed by atoms with Crippen molar-refractivity contribution in [1.29, 1.82) is 0 Å². The van der Waals surface area contributed by atoms with E-state index in [-0.39, 0.29) is 43.0 Å². The Labute approximate surface area is 159 Å². The molecule has 0 aliphatic carbocycles. The number of benzene rings is 2. The summed E-state index contributed by atoms with van der Waals surface area (Å²) in [6.45, 7) is 4.15. The number of hydrogen-bond acceptors (Lipinski definition) is 3. The van der Waals surface area contributed by atoms with Gasteiger partial charge >= 0.3 is 0 Å². The Morgan fingerprint density at radius 3 is 2.22 bits per heavy atom. The molecule has 0 aromatic heterocycles. The van der Waals surface area contributed by atoms with Crippen LogP contribution < -0.4 is 0 Å². The van der Waals surface area contributed by atoms with E-state index in [1.807, 2.05) is 0 Å². The number of hydrogen-bond donors (Lipinski definition) is 1. The fourth-order valence-electron chi connectivity index (χ4n) is 4.38. The second kappa shape index (κ2) is 6.82. The van der Waals surface area contributed by atoms with Crippen molar-refractivity contribution in [3.63, 3.8) is 0 Å². The minimum Gasteiger partial charge on any atom is -0.394 e. The molecule has 2 fully saturated rings. The quantitative estimate of drug-likeness (QED) is 0.908. The Bertz CT molecular complexity index is 860. The van der Waals surface area contributed by atoms with Gasteiger partial charge in [0.15, 0.2) is 0 Å². The topological polar surface area (TPSA) is 60.9 Å². The zero-order valence-electron chi connectivity index (χ0n) is 15.6. The third-order valence-electron chi connectivity index (χ3n) is 5.88. The molecule has 4 rings (SSSR count). The van der Waals surface area contributed by atoms with E-state index in [4.69, 9.17) is 0 Å². The van der Waals surface area contributed by atoms with Crippen molar-refractivity contribution in [2.45, 2.75) is 31.8 Å². The number of carbonyl (C=O) groups excluding carboxylic acids is 2. The molecular formula is C22H24N2O3. The van der Waals surface area contributed by atoms with Crippen LogP contribution in [0.1, 0.15) is 24.0 Å². The Balaban J connectivity index is 1.59. The van der Waals surface area contributed by atoms with E-state index in [1.54, 1.807) is 9.80 Å². The van der Waals surface area contributed by atoms with Crippen LogP contribution in [0.15, 0.2) is 48.5 Å². The van der Waals surface area contributed by atoms with Crippen LogP contribution in [-0.4, -0.2) is 58.5 Å². The Morgan fingerprint density at radius 2 is 1.67 bits per heavy atom. The summed E-state index contributed by atoms with van der Waals surface area (Å²) >= 11 is 0. The molecule has 140 valence electrons. The van der Waals surface area contributed by atoms with E-state index < -0.39 is 0 Å². The SMILES string of the molecule is CC(=O)N1CC(=O)N2[C@@H](CO)[C@H](c3ccc(-c4ccc(C)cc4)cc3)[C@@H]2C1. The molecule has 5 nitrogen and oxygen atoms in total. The zero-order chi connectivity index (χ0) is 19.1. The van der Waals surface area contributed by atoms with Gasteiger partial charge in [0.05, 0.1) is 25.2 Å². The highest BCUT2D eigenvalue weighted by Crippen LogP contribution is 2.43. The first-order valence-electron chi connectivity index (χ1n) is 9.34. The summed E-state index contributed by atoms with van der Waals surface area (Å²) in [5.41, 5.74) is 4.63. The molecule has 0 spiro atoms. The van der Waals surface area contributed by atoms with Gasteiger partial charge in [0.2, 0.25) is 11.8 Å². The van der Waals surface area contributed by atoms with Crippen molar-refractivity contribution in [2.24, 2.45) is 0 Å². The number of carbonyl (C=O) groups is 2. The first-order chi connectivity index (χ1) is 13.0. The van der Waals surface area contributed by atoms with E-state index >= 15 is 0 Å². The summed E-state index contributed by atoms with van der Waals surface area (Å²) in [5.74, 6) is -0.106. The number of aliphatic hydroxyl groups excluding tert-OH is 1. The highest BCUT2D eigenvalue weighted by atomic mass is 16.3. The van der Waals surface area contributed by atoms with Gasteiger partial charge in [0, 0.05) is 19.4 Å². The van der Waals surface area contributed by atoms with Crippen LogP contribution in [0, 0.1) is 6.92 Å². The van der Waals surface area contributed by atoms with Gasteiger partial charge < -0.3 is 14.9 Å². The zero-order valence-corrected chi connectivity index (χ0v) is 15.6. The van der Waals surface area contributed by atoms with E-state index in [2.05, 4.69) is 55.5 Å². The summed E-state index contributed by atoms with van der Waals surface area (Å²) in [6, 6.07) is 16.5. The smallest absolute Gasteiger partial charge is 0.242 e. The van der Waals surface area contributed by atoms with Gasteiger partial charge in [0.25, 0.3) is 0 Å². The van der Waals surface area contributed by atoms with Gasteiger partial charge in [-0.2, -0.15) is 0 Å². The summed E-state index contributed by atoms with van der Waals surface area (Å²) in [6.07, 6.45) is 0. The molecule has 2 aromatic carbocycles. The predicted molar refractivity (Wildman–Crippen MR) is 103 cm³/mol. The second-order valence-corrected chi connectivity index (χ2v) is 7.53. The summed E-state index contributed by atoms with van der Waals surface area (Å²) in [4.78, 5) is 27.5. The molecule has 2 aromatic rings.